The lowest BCUT2D eigenvalue weighted by molar-refractivity contribution is 0.0965. The van der Waals surface area contributed by atoms with Crippen LogP contribution in [0.5, 0.6) is 0 Å². The Balaban J connectivity index is 1.85. The standard InChI is InChI=1S/C19H19N3O2/c1-22(2)12-13-4-3-5-16(10-13)14-6-8-15(9-7-14)17-11-18(19(20)23)24-21-17/h3-11H,12H2,1-2H3,(H2,20,23). The Labute approximate surface area is 140 Å². The van der Waals surface area contributed by atoms with Gasteiger partial charge in [0.2, 0.25) is 5.76 Å². The molecule has 0 fully saturated rings. The summed E-state index contributed by atoms with van der Waals surface area (Å²) in [6.45, 7) is 0.904. The second-order valence-corrected chi connectivity index (χ2v) is 5.96. The summed E-state index contributed by atoms with van der Waals surface area (Å²) in [4.78, 5) is 13.2. The fourth-order valence-corrected chi connectivity index (χ4v) is 2.58. The van der Waals surface area contributed by atoms with E-state index in [1.807, 2.05) is 24.3 Å². The van der Waals surface area contributed by atoms with Crippen molar-refractivity contribution in [2.24, 2.45) is 5.73 Å². The lowest BCUT2D eigenvalue weighted by Crippen LogP contribution is -2.10. The van der Waals surface area contributed by atoms with Crippen molar-refractivity contribution in [1.29, 1.82) is 0 Å². The van der Waals surface area contributed by atoms with Gasteiger partial charge in [-0.3, -0.25) is 4.79 Å². The molecular weight excluding hydrogens is 302 g/mol. The lowest BCUT2D eigenvalue weighted by Gasteiger charge is -2.11. The van der Waals surface area contributed by atoms with Gasteiger partial charge in [-0.05, 0) is 36.9 Å². The van der Waals surface area contributed by atoms with Crippen molar-refractivity contribution in [1.82, 2.24) is 10.1 Å². The molecule has 0 saturated carbocycles. The zero-order valence-corrected chi connectivity index (χ0v) is 13.7. The number of hydrogen-bond acceptors (Lipinski definition) is 4. The molecule has 2 N–H and O–H groups in total. The molecule has 1 heterocycles. The van der Waals surface area contributed by atoms with E-state index in [1.165, 1.54) is 11.1 Å². The summed E-state index contributed by atoms with van der Waals surface area (Å²) in [7, 11) is 4.11. The van der Waals surface area contributed by atoms with Crippen molar-refractivity contribution >= 4 is 5.91 Å². The minimum absolute atomic E-state index is 0.0606. The Morgan fingerprint density at radius 2 is 1.75 bits per heavy atom. The van der Waals surface area contributed by atoms with E-state index in [9.17, 15) is 4.79 Å². The molecule has 1 aromatic heterocycles. The van der Waals surface area contributed by atoms with E-state index in [2.05, 4.69) is 48.4 Å². The van der Waals surface area contributed by atoms with Gasteiger partial charge in [-0.25, -0.2) is 0 Å². The van der Waals surface area contributed by atoms with Crippen LogP contribution in [0.1, 0.15) is 16.1 Å². The normalized spacial score (nSPS) is 11.0. The van der Waals surface area contributed by atoms with Crippen LogP contribution >= 0.6 is 0 Å². The van der Waals surface area contributed by atoms with Crippen LogP contribution in [0.2, 0.25) is 0 Å². The fourth-order valence-electron chi connectivity index (χ4n) is 2.58. The molecule has 0 bridgehead atoms. The molecule has 122 valence electrons. The second kappa shape index (κ2) is 6.68. The summed E-state index contributed by atoms with van der Waals surface area (Å²) < 4.78 is 4.92. The van der Waals surface area contributed by atoms with Gasteiger partial charge >= 0.3 is 0 Å². The molecule has 0 saturated heterocycles. The SMILES string of the molecule is CN(C)Cc1cccc(-c2ccc(-c3cc(C(N)=O)on3)cc2)c1. The van der Waals surface area contributed by atoms with Crippen molar-refractivity contribution in [3.63, 3.8) is 0 Å². The summed E-state index contributed by atoms with van der Waals surface area (Å²) in [6, 6.07) is 18.0. The number of carbonyl (C=O) groups excluding carboxylic acids is 1. The number of benzene rings is 2. The third-order valence-electron chi connectivity index (χ3n) is 3.69. The molecule has 0 unspecified atom stereocenters. The Morgan fingerprint density at radius 3 is 2.38 bits per heavy atom. The van der Waals surface area contributed by atoms with Crippen molar-refractivity contribution in [3.05, 3.63) is 65.9 Å². The second-order valence-electron chi connectivity index (χ2n) is 5.96. The van der Waals surface area contributed by atoms with Gasteiger partial charge in [-0.15, -0.1) is 0 Å². The summed E-state index contributed by atoms with van der Waals surface area (Å²) in [6.07, 6.45) is 0. The van der Waals surface area contributed by atoms with Crippen LogP contribution in [0.3, 0.4) is 0 Å². The fraction of sp³-hybridized carbons (Fsp3) is 0.158. The quantitative estimate of drug-likeness (QED) is 0.783. The van der Waals surface area contributed by atoms with Crippen molar-refractivity contribution in [2.45, 2.75) is 6.54 Å². The molecule has 0 spiro atoms. The third kappa shape index (κ3) is 3.52. The van der Waals surface area contributed by atoms with Crippen LogP contribution < -0.4 is 5.73 Å². The van der Waals surface area contributed by atoms with Crippen LogP contribution in [-0.2, 0) is 6.54 Å². The predicted molar refractivity (Wildman–Crippen MR) is 93.3 cm³/mol. The number of nitrogens with two attached hydrogens (primary N) is 1. The highest BCUT2D eigenvalue weighted by Gasteiger charge is 2.10. The Hall–Kier alpha value is -2.92. The van der Waals surface area contributed by atoms with Crippen molar-refractivity contribution in [3.8, 4) is 22.4 Å². The summed E-state index contributed by atoms with van der Waals surface area (Å²) in [5, 5.41) is 3.88. The lowest BCUT2D eigenvalue weighted by atomic mass is 10.0. The van der Waals surface area contributed by atoms with Gasteiger partial charge in [0.1, 0.15) is 5.69 Å². The summed E-state index contributed by atoms with van der Waals surface area (Å²) >= 11 is 0. The average Bonchev–Trinajstić information content (AvgIpc) is 3.05. The molecule has 5 nitrogen and oxygen atoms in total. The Bertz CT molecular complexity index is 851. The Kier molecular flexibility index (Phi) is 4.44. The molecule has 5 heteroatoms. The van der Waals surface area contributed by atoms with Gasteiger partial charge in [0.25, 0.3) is 5.91 Å². The molecular formula is C19H19N3O2. The zero-order valence-electron chi connectivity index (χ0n) is 13.7. The Morgan fingerprint density at radius 1 is 1.04 bits per heavy atom. The molecule has 0 aliphatic heterocycles. The number of primary amides is 1. The van der Waals surface area contributed by atoms with Gasteiger partial charge in [0.05, 0.1) is 0 Å². The van der Waals surface area contributed by atoms with Crippen LogP contribution in [0.25, 0.3) is 22.4 Å². The van der Waals surface area contributed by atoms with Crippen LogP contribution in [0.15, 0.2) is 59.1 Å². The highest BCUT2D eigenvalue weighted by molar-refractivity contribution is 5.90. The molecule has 0 radical (unpaired) electrons. The number of hydrogen-bond donors (Lipinski definition) is 1. The van der Waals surface area contributed by atoms with Crippen molar-refractivity contribution in [2.75, 3.05) is 14.1 Å². The number of nitrogens with zero attached hydrogens (tertiary/aromatic N) is 2. The molecule has 0 atom stereocenters. The van der Waals surface area contributed by atoms with Gasteiger partial charge in [-0.1, -0.05) is 47.6 Å². The maximum atomic E-state index is 11.1. The molecule has 0 aliphatic carbocycles. The van der Waals surface area contributed by atoms with Gasteiger partial charge < -0.3 is 15.2 Å². The number of amides is 1. The molecule has 3 rings (SSSR count). The van der Waals surface area contributed by atoms with E-state index in [-0.39, 0.29) is 5.76 Å². The highest BCUT2D eigenvalue weighted by atomic mass is 16.5. The average molecular weight is 321 g/mol. The van der Waals surface area contributed by atoms with Crippen molar-refractivity contribution < 1.29 is 9.32 Å². The van der Waals surface area contributed by atoms with Crippen LogP contribution in [-0.4, -0.2) is 30.1 Å². The smallest absolute Gasteiger partial charge is 0.287 e. The number of aromatic nitrogens is 1. The maximum absolute atomic E-state index is 11.1. The minimum Gasteiger partial charge on any atom is -0.363 e. The molecule has 1 amide bonds. The predicted octanol–water partition coefficient (Wildman–Crippen LogP) is 3.17. The van der Waals surface area contributed by atoms with Gasteiger partial charge in [-0.2, -0.15) is 0 Å². The highest BCUT2D eigenvalue weighted by Crippen LogP contribution is 2.25. The largest absolute Gasteiger partial charge is 0.363 e. The van der Waals surface area contributed by atoms with E-state index < -0.39 is 5.91 Å². The summed E-state index contributed by atoms with van der Waals surface area (Å²) in [5.41, 5.74) is 10.2. The first-order valence-electron chi connectivity index (χ1n) is 7.64. The number of carbonyl (C=O) groups is 1. The van der Waals surface area contributed by atoms with E-state index in [0.717, 1.165) is 17.7 Å². The molecule has 24 heavy (non-hydrogen) atoms. The molecule has 2 aromatic carbocycles. The first-order valence-corrected chi connectivity index (χ1v) is 7.64. The maximum Gasteiger partial charge on any atom is 0.287 e. The summed E-state index contributed by atoms with van der Waals surface area (Å²) in [5.74, 6) is -0.562. The minimum atomic E-state index is -0.622. The van der Waals surface area contributed by atoms with Gasteiger partial charge in [0.15, 0.2) is 0 Å². The van der Waals surface area contributed by atoms with E-state index in [1.54, 1.807) is 6.07 Å². The van der Waals surface area contributed by atoms with E-state index in [4.69, 9.17) is 10.3 Å². The monoisotopic (exact) mass is 321 g/mol. The first-order chi connectivity index (χ1) is 11.5. The van der Waals surface area contributed by atoms with Crippen LogP contribution in [0.4, 0.5) is 0 Å². The van der Waals surface area contributed by atoms with Gasteiger partial charge in [0, 0.05) is 18.2 Å². The third-order valence-corrected chi connectivity index (χ3v) is 3.69. The van der Waals surface area contributed by atoms with Crippen LogP contribution in [0, 0.1) is 0 Å². The number of rotatable bonds is 5. The van der Waals surface area contributed by atoms with E-state index in [0.29, 0.717) is 5.69 Å². The van der Waals surface area contributed by atoms with E-state index >= 15 is 0 Å². The molecule has 3 aromatic rings. The molecule has 0 aliphatic rings. The first kappa shape index (κ1) is 16.0. The zero-order chi connectivity index (χ0) is 17.1. The topological polar surface area (TPSA) is 72.4 Å².